The Hall–Kier alpha value is -2.59. The molecule has 3 aromatic rings. The van der Waals surface area contributed by atoms with Crippen LogP contribution in [0.4, 0.5) is 0 Å². The van der Waals surface area contributed by atoms with E-state index < -0.39 is 0 Å². The van der Waals surface area contributed by atoms with Crippen molar-refractivity contribution in [3.63, 3.8) is 0 Å². The molecule has 0 bridgehead atoms. The summed E-state index contributed by atoms with van der Waals surface area (Å²) in [4.78, 5) is 16.1. The van der Waals surface area contributed by atoms with Crippen LogP contribution in [0.25, 0.3) is 10.9 Å². The van der Waals surface area contributed by atoms with Gasteiger partial charge in [0.1, 0.15) is 6.04 Å². The molecule has 140 valence electrons. The maximum Gasteiger partial charge on any atom is 0.323 e. The summed E-state index contributed by atoms with van der Waals surface area (Å²) < 4.78 is 5.31. The lowest BCUT2D eigenvalue weighted by Crippen LogP contribution is -2.45. The van der Waals surface area contributed by atoms with Gasteiger partial charge < -0.3 is 9.72 Å². The number of hydrogen-bond donors (Lipinski definition) is 2. The monoisotopic (exact) mass is 362 g/mol. The van der Waals surface area contributed by atoms with Crippen molar-refractivity contribution in [2.75, 3.05) is 6.61 Å². The fraction of sp³-hybridized carbons (Fsp3) is 0.348. The molecule has 0 aliphatic carbocycles. The zero-order valence-corrected chi connectivity index (χ0v) is 16.1. The van der Waals surface area contributed by atoms with Crippen LogP contribution >= 0.6 is 0 Å². The normalized spacial score (nSPS) is 19.3. The molecule has 0 saturated carbocycles. The Kier molecular flexibility index (Phi) is 4.75. The second kappa shape index (κ2) is 7.20. The van der Waals surface area contributed by atoms with E-state index in [2.05, 4.69) is 60.5 Å². The summed E-state index contributed by atoms with van der Waals surface area (Å²) in [5.74, 6) is 0.312. The van der Waals surface area contributed by atoms with E-state index in [9.17, 15) is 4.79 Å². The number of rotatable bonds is 4. The van der Waals surface area contributed by atoms with Crippen LogP contribution in [-0.2, 0) is 16.0 Å². The Balaban J connectivity index is 1.79. The molecule has 0 saturated heterocycles. The third kappa shape index (κ3) is 3.26. The molecule has 0 radical (unpaired) electrons. The molecule has 1 aliphatic heterocycles. The van der Waals surface area contributed by atoms with E-state index in [1.807, 2.05) is 19.1 Å². The fourth-order valence-corrected chi connectivity index (χ4v) is 3.97. The van der Waals surface area contributed by atoms with Crippen LogP contribution in [0.15, 0.2) is 48.5 Å². The summed E-state index contributed by atoms with van der Waals surface area (Å²) in [6, 6.07) is 16.6. The average Bonchev–Trinajstić information content (AvgIpc) is 3.06. The van der Waals surface area contributed by atoms with Crippen molar-refractivity contribution in [3.05, 3.63) is 70.9 Å². The Morgan fingerprint density at radius 2 is 1.89 bits per heavy atom. The number of nitrogens with one attached hydrogen (secondary N) is 2. The number of carbonyl (C=O) groups excluding carboxylic acids is 1. The first-order valence-corrected chi connectivity index (χ1v) is 9.70. The molecule has 1 aromatic heterocycles. The van der Waals surface area contributed by atoms with E-state index in [0.29, 0.717) is 18.9 Å². The molecule has 4 nitrogen and oxygen atoms in total. The van der Waals surface area contributed by atoms with E-state index in [4.69, 9.17) is 4.74 Å². The van der Waals surface area contributed by atoms with Crippen LogP contribution in [0.2, 0.25) is 0 Å². The number of fused-ring (bicyclic) bond motifs is 3. The molecule has 2 heterocycles. The second-order valence-electron chi connectivity index (χ2n) is 7.49. The van der Waals surface area contributed by atoms with Gasteiger partial charge in [-0.2, -0.15) is 0 Å². The minimum absolute atomic E-state index is 0.0585. The number of aromatic amines is 1. The Bertz CT molecular complexity index is 956. The molecule has 4 rings (SSSR count). The van der Waals surface area contributed by atoms with Crippen LogP contribution in [0, 0.1) is 0 Å². The van der Waals surface area contributed by atoms with Crippen molar-refractivity contribution in [2.24, 2.45) is 0 Å². The van der Waals surface area contributed by atoms with Gasteiger partial charge in [-0.1, -0.05) is 56.3 Å². The molecule has 27 heavy (non-hydrogen) atoms. The van der Waals surface area contributed by atoms with Gasteiger partial charge in [0.25, 0.3) is 0 Å². The van der Waals surface area contributed by atoms with Gasteiger partial charge >= 0.3 is 5.97 Å². The molecular weight excluding hydrogens is 336 g/mol. The highest BCUT2D eigenvalue weighted by Crippen LogP contribution is 2.35. The van der Waals surface area contributed by atoms with Crippen LogP contribution in [0.5, 0.6) is 0 Å². The third-order valence-electron chi connectivity index (χ3n) is 5.42. The molecule has 4 heteroatoms. The minimum Gasteiger partial charge on any atom is -0.465 e. The first kappa shape index (κ1) is 17.8. The van der Waals surface area contributed by atoms with Crippen LogP contribution < -0.4 is 5.32 Å². The summed E-state index contributed by atoms with van der Waals surface area (Å²) in [7, 11) is 0. The van der Waals surface area contributed by atoms with E-state index in [1.54, 1.807) is 0 Å². The lowest BCUT2D eigenvalue weighted by molar-refractivity contribution is -0.146. The topological polar surface area (TPSA) is 54.1 Å². The fourth-order valence-electron chi connectivity index (χ4n) is 3.97. The van der Waals surface area contributed by atoms with Gasteiger partial charge in [-0.15, -0.1) is 0 Å². The van der Waals surface area contributed by atoms with Crippen molar-refractivity contribution >= 4 is 16.9 Å². The van der Waals surface area contributed by atoms with Crippen LogP contribution in [-0.4, -0.2) is 23.6 Å². The first-order chi connectivity index (χ1) is 13.1. The summed E-state index contributed by atoms with van der Waals surface area (Å²) >= 11 is 0. The highest BCUT2D eigenvalue weighted by molar-refractivity contribution is 5.87. The predicted octanol–water partition coefficient (Wildman–Crippen LogP) is 4.46. The predicted molar refractivity (Wildman–Crippen MR) is 108 cm³/mol. The van der Waals surface area contributed by atoms with Crippen LogP contribution in [0.3, 0.4) is 0 Å². The number of carbonyl (C=O) groups is 1. The molecule has 2 N–H and O–H groups in total. The van der Waals surface area contributed by atoms with Gasteiger partial charge in [-0.3, -0.25) is 10.1 Å². The summed E-state index contributed by atoms with van der Waals surface area (Å²) in [5, 5.41) is 4.70. The number of ether oxygens (including phenoxy) is 1. The van der Waals surface area contributed by atoms with Gasteiger partial charge in [0, 0.05) is 23.0 Å². The zero-order chi connectivity index (χ0) is 19.0. The number of H-pyrrole nitrogens is 1. The molecule has 0 spiro atoms. The summed E-state index contributed by atoms with van der Waals surface area (Å²) in [6.07, 6.45) is 0.638. The lowest BCUT2D eigenvalue weighted by Gasteiger charge is -2.30. The smallest absolute Gasteiger partial charge is 0.323 e. The SMILES string of the molecule is CCOC(=O)[C@@H]1Cc2c([nH]c3ccccc23)[C@H](c2ccc(C(C)C)cc2)N1. The molecule has 1 aliphatic rings. The van der Waals surface area contributed by atoms with E-state index >= 15 is 0 Å². The van der Waals surface area contributed by atoms with Crippen molar-refractivity contribution < 1.29 is 9.53 Å². The summed E-state index contributed by atoms with van der Waals surface area (Å²) in [6.45, 7) is 6.63. The lowest BCUT2D eigenvalue weighted by atomic mass is 9.89. The summed E-state index contributed by atoms with van der Waals surface area (Å²) in [5.41, 5.74) is 5.93. The van der Waals surface area contributed by atoms with E-state index in [0.717, 1.165) is 16.8 Å². The van der Waals surface area contributed by atoms with E-state index in [1.165, 1.54) is 16.5 Å². The third-order valence-corrected chi connectivity index (χ3v) is 5.42. The van der Waals surface area contributed by atoms with Crippen molar-refractivity contribution in [3.8, 4) is 0 Å². The van der Waals surface area contributed by atoms with Crippen molar-refractivity contribution in [1.29, 1.82) is 0 Å². The maximum absolute atomic E-state index is 12.5. The molecule has 0 unspecified atom stereocenters. The number of benzene rings is 2. The van der Waals surface area contributed by atoms with Gasteiger partial charge in [-0.05, 0) is 35.6 Å². The average molecular weight is 362 g/mol. The second-order valence-corrected chi connectivity index (χ2v) is 7.49. The Morgan fingerprint density at radius 1 is 1.15 bits per heavy atom. The van der Waals surface area contributed by atoms with Gasteiger partial charge in [0.2, 0.25) is 0 Å². The molecule has 2 aromatic carbocycles. The number of aromatic nitrogens is 1. The highest BCUT2D eigenvalue weighted by atomic mass is 16.5. The number of esters is 1. The van der Waals surface area contributed by atoms with E-state index in [-0.39, 0.29) is 18.1 Å². The van der Waals surface area contributed by atoms with Gasteiger partial charge in [0.05, 0.1) is 12.6 Å². The quantitative estimate of drug-likeness (QED) is 0.674. The molecule has 0 fully saturated rings. The van der Waals surface area contributed by atoms with Crippen molar-refractivity contribution in [2.45, 2.75) is 45.2 Å². The first-order valence-electron chi connectivity index (χ1n) is 9.70. The Labute approximate surface area is 159 Å². The molecule has 2 atom stereocenters. The maximum atomic E-state index is 12.5. The number of para-hydroxylation sites is 1. The largest absolute Gasteiger partial charge is 0.465 e. The molecule has 0 amide bonds. The van der Waals surface area contributed by atoms with Gasteiger partial charge in [0.15, 0.2) is 0 Å². The molecular formula is C23H26N2O2. The number of hydrogen-bond acceptors (Lipinski definition) is 3. The van der Waals surface area contributed by atoms with Crippen molar-refractivity contribution in [1.82, 2.24) is 10.3 Å². The highest BCUT2D eigenvalue weighted by Gasteiger charge is 2.34. The standard InChI is InChI=1S/C23H26N2O2/c1-4-27-23(26)20-13-18-17-7-5-6-8-19(17)24-22(18)21(25-20)16-11-9-15(10-12-16)14(2)3/h5-12,14,20-21,24-25H,4,13H2,1-3H3/t20-,21-/m0/s1. The van der Waals surface area contributed by atoms with Crippen LogP contribution in [0.1, 0.15) is 55.1 Å². The Morgan fingerprint density at radius 3 is 2.59 bits per heavy atom. The zero-order valence-electron chi connectivity index (χ0n) is 16.1. The van der Waals surface area contributed by atoms with Gasteiger partial charge in [-0.25, -0.2) is 0 Å². The minimum atomic E-state index is -0.341.